The summed E-state index contributed by atoms with van der Waals surface area (Å²) in [7, 11) is -13.6. The van der Waals surface area contributed by atoms with Crippen LogP contribution >= 0.6 is 0 Å². The molecule has 0 aromatic rings. The standard InChI is InChI=1S/2Al.3H2O4S.H6OSi2/c;;3*1-5(2,3)4;2-1-3/h;;3*(H2,1,2,3,4);2-3H3/q2*+3;;;;/p-6. The molecule has 20 heteroatoms. The fourth-order valence-corrected chi connectivity index (χ4v) is 0. The second kappa shape index (κ2) is 18.1. The smallest absolute Gasteiger partial charge is 0.759 e. The van der Waals surface area contributed by atoms with Gasteiger partial charge in [0.25, 0.3) is 0 Å². The minimum atomic E-state index is -5.17. The Balaban J connectivity index is -0.0000000321. The van der Waals surface area contributed by atoms with Gasteiger partial charge < -0.3 is 31.4 Å². The molecule has 0 atom stereocenters. The van der Waals surface area contributed by atoms with Crippen molar-refractivity contribution < 1.29 is 56.7 Å². The molecule has 0 saturated carbocycles. The Labute approximate surface area is 143 Å². The van der Waals surface area contributed by atoms with E-state index in [0.29, 0.717) is 0 Å². The van der Waals surface area contributed by atoms with Gasteiger partial charge in [-0.15, -0.1) is 0 Å². The predicted octanol–water partition coefficient (Wildman–Crippen LogP) is -7.21. The van der Waals surface area contributed by atoms with Gasteiger partial charge in [0.1, 0.15) is 21.0 Å². The van der Waals surface area contributed by atoms with Crippen LogP contribution in [0.4, 0.5) is 0 Å². The topological polar surface area (TPSA) is 250 Å². The molecule has 0 aromatic carbocycles. The number of hydrogen-bond acceptors (Lipinski definition) is 13. The van der Waals surface area contributed by atoms with E-state index in [9.17, 15) is 0 Å². The first-order valence-electron chi connectivity index (χ1n) is 2.82. The van der Waals surface area contributed by atoms with Crippen molar-refractivity contribution in [3.8, 4) is 0 Å². The summed E-state index contributed by atoms with van der Waals surface area (Å²) in [6.07, 6.45) is 0. The molecule has 0 rings (SSSR count). The van der Waals surface area contributed by atoms with Crippen LogP contribution in [0.5, 0.6) is 0 Å². The summed E-state index contributed by atoms with van der Waals surface area (Å²) in [5.74, 6) is 0. The molecular weight excluding hydrogens is 414 g/mol. The van der Waals surface area contributed by atoms with Crippen molar-refractivity contribution in [3.05, 3.63) is 0 Å². The molecule has 0 bridgehead atoms. The van der Waals surface area contributed by atoms with Gasteiger partial charge in [-0.1, -0.05) is 0 Å². The molecule has 0 aromatic heterocycles. The third-order valence-electron chi connectivity index (χ3n) is 0. The van der Waals surface area contributed by atoms with Gasteiger partial charge in [-0.25, -0.2) is 0 Å². The van der Waals surface area contributed by atoms with Crippen LogP contribution in [0.25, 0.3) is 0 Å². The molecule has 0 N–H and O–H groups in total. The maximum absolute atomic E-state index is 8.52. The van der Waals surface area contributed by atoms with Crippen molar-refractivity contribution >= 4 is 86.9 Å². The van der Waals surface area contributed by atoms with E-state index in [1.54, 1.807) is 0 Å². The van der Waals surface area contributed by atoms with Crippen molar-refractivity contribution in [2.45, 2.75) is 0 Å². The van der Waals surface area contributed by atoms with Gasteiger partial charge in [-0.05, 0) is 0 Å². The molecular formula is H6Al2O13S3Si2. The largest absolute Gasteiger partial charge is 3.00 e. The fraction of sp³-hybridized carbons (Fsp3) is 0. The van der Waals surface area contributed by atoms with E-state index in [-0.39, 0.29) is 34.7 Å². The van der Waals surface area contributed by atoms with Gasteiger partial charge in [0.2, 0.25) is 0 Å². The summed E-state index contributed by atoms with van der Waals surface area (Å²) in [6.45, 7) is 0. The average molecular weight is 420 g/mol. The minimum Gasteiger partial charge on any atom is -0.759 e. The van der Waals surface area contributed by atoms with Crippen molar-refractivity contribution in [2.24, 2.45) is 0 Å². The number of hydrogen-bond donors (Lipinski definition) is 0. The average Bonchev–Trinajstić information content (AvgIpc) is 1.71. The molecule has 13 nitrogen and oxygen atoms in total. The Morgan fingerprint density at radius 3 is 0.550 bits per heavy atom. The first-order valence-corrected chi connectivity index (χ1v) is 8.45. The van der Waals surface area contributed by atoms with Crippen LogP contribution in [0.2, 0.25) is 0 Å². The predicted molar refractivity (Wildman–Crippen MR) is 63.9 cm³/mol. The van der Waals surface area contributed by atoms with Crippen LogP contribution in [0, 0.1) is 0 Å². The Kier molecular flexibility index (Phi) is 33.9. The van der Waals surface area contributed by atoms with E-state index in [1.807, 2.05) is 0 Å². The summed E-state index contributed by atoms with van der Waals surface area (Å²) in [5, 5.41) is 0. The molecule has 0 saturated heterocycles. The molecule has 0 spiro atoms. The molecule has 0 aliphatic heterocycles. The van der Waals surface area contributed by atoms with Crippen molar-refractivity contribution in [3.63, 3.8) is 0 Å². The normalized spacial score (nSPS) is 9.90. The zero-order chi connectivity index (χ0) is 16.2. The Morgan fingerprint density at radius 1 is 0.550 bits per heavy atom. The van der Waals surface area contributed by atoms with Gasteiger partial charge in [0.05, 0.1) is 0 Å². The molecule has 0 radical (unpaired) electrons. The molecule has 20 heavy (non-hydrogen) atoms. The Morgan fingerprint density at radius 2 is 0.550 bits per heavy atom. The van der Waals surface area contributed by atoms with E-state index in [4.69, 9.17) is 52.6 Å². The van der Waals surface area contributed by atoms with Gasteiger partial charge in [-0.3, -0.25) is 25.3 Å². The first kappa shape index (κ1) is 37.4. The summed E-state index contributed by atoms with van der Waals surface area (Å²) < 4.78 is 107. The molecule has 116 valence electrons. The van der Waals surface area contributed by atoms with Crippen molar-refractivity contribution in [1.82, 2.24) is 0 Å². The molecule has 0 fully saturated rings. The van der Waals surface area contributed by atoms with Gasteiger partial charge in [0, 0.05) is 31.2 Å². The summed E-state index contributed by atoms with van der Waals surface area (Å²) >= 11 is 0. The molecule has 0 amide bonds. The Hall–Kier alpha value is 1.07. The molecule has 0 aliphatic rings. The first-order chi connectivity index (χ1) is 7.41. The van der Waals surface area contributed by atoms with E-state index < -0.39 is 31.2 Å². The quantitative estimate of drug-likeness (QED) is 0.201. The fourth-order valence-electron chi connectivity index (χ4n) is 0. The maximum Gasteiger partial charge on any atom is 3.00 e. The second-order valence-electron chi connectivity index (χ2n) is 1.63. The third-order valence-corrected chi connectivity index (χ3v) is 0. The number of rotatable bonds is 0. The Bertz CT molecular complexity index is 364. The molecule has 0 unspecified atom stereocenters. The van der Waals surface area contributed by atoms with Gasteiger partial charge >= 0.3 is 34.7 Å². The van der Waals surface area contributed by atoms with E-state index in [0.717, 1.165) is 21.0 Å². The van der Waals surface area contributed by atoms with Gasteiger partial charge in [0.15, 0.2) is 0 Å². The van der Waals surface area contributed by atoms with Crippen LogP contribution in [-0.4, -0.2) is 108 Å². The van der Waals surface area contributed by atoms with E-state index in [1.165, 1.54) is 0 Å². The van der Waals surface area contributed by atoms with Crippen LogP contribution in [0.3, 0.4) is 0 Å². The minimum absolute atomic E-state index is 0. The summed E-state index contributed by atoms with van der Waals surface area (Å²) in [5.41, 5.74) is 0. The summed E-state index contributed by atoms with van der Waals surface area (Å²) in [4.78, 5) is 0. The maximum atomic E-state index is 8.52. The van der Waals surface area contributed by atoms with Crippen LogP contribution in [-0.2, 0) is 35.3 Å². The van der Waals surface area contributed by atoms with Gasteiger partial charge in [-0.2, -0.15) is 0 Å². The second-order valence-corrected chi connectivity index (χ2v) is 7.35. The monoisotopic (exact) mass is 420 g/mol. The van der Waals surface area contributed by atoms with Crippen molar-refractivity contribution in [2.75, 3.05) is 0 Å². The van der Waals surface area contributed by atoms with E-state index in [2.05, 4.69) is 4.12 Å². The molecule has 0 heterocycles. The van der Waals surface area contributed by atoms with Crippen LogP contribution in [0.1, 0.15) is 0 Å². The summed E-state index contributed by atoms with van der Waals surface area (Å²) in [6, 6.07) is 0. The zero-order valence-electron chi connectivity index (χ0n) is 9.69. The van der Waals surface area contributed by atoms with Crippen LogP contribution in [0.15, 0.2) is 0 Å². The third kappa shape index (κ3) is 5450. The zero-order valence-corrected chi connectivity index (χ0v) is 18.4. The van der Waals surface area contributed by atoms with Crippen LogP contribution < -0.4 is 0 Å². The van der Waals surface area contributed by atoms with Crippen molar-refractivity contribution in [1.29, 1.82) is 0 Å². The SMILES string of the molecule is O=S(=O)([O-])[O-].O=S(=O)([O-])[O-].O=S(=O)([O-])[O-].[Al+3].[Al+3].[SiH3]O[SiH3]. The molecule has 0 aliphatic carbocycles. The van der Waals surface area contributed by atoms with E-state index >= 15 is 0 Å².